The second-order valence-electron chi connectivity index (χ2n) is 4.38. The molecule has 0 aliphatic heterocycles. The molecule has 0 radical (unpaired) electrons. The van der Waals surface area contributed by atoms with E-state index in [0.29, 0.717) is 26.2 Å². The van der Waals surface area contributed by atoms with Crippen LogP contribution in [0.3, 0.4) is 0 Å². The molecule has 4 nitrogen and oxygen atoms in total. The molecule has 1 aromatic rings. The van der Waals surface area contributed by atoms with Crippen LogP contribution >= 0.6 is 0 Å². The van der Waals surface area contributed by atoms with Crippen LogP contribution in [0.1, 0.15) is 24.8 Å². The van der Waals surface area contributed by atoms with Crippen LogP contribution in [-0.2, 0) is 16.0 Å². The Labute approximate surface area is 114 Å². The number of aliphatic hydroxyl groups is 1. The van der Waals surface area contributed by atoms with Gasteiger partial charge in [-0.05, 0) is 24.8 Å². The summed E-state index contributed by atoms with van der Waals surface area (Å²) in [5.41, 5.74) is 1.27. The van der Waals surface area contributed by atoms with Gasteiger partial charge in [-0.3, -0.25) is 4.79 Å². The highest BCUT2D eigenvalue weighted by Crippen LogP contribution is 2.04. The lowest BCUT2D eigenvalue weighted by Crippen LogP contribution is -2.25. The van der Waals surface area contributed by atoms with Gasteiger partial charge in [0.25, 0.3) is 0 Å². The summed E-state index contributed by atoms with van der Waals surface area (Å²) in [6.45, 7) is 1.62. The number of aliphatic hydroxyl groups excluding tert-OH is 1. The van der Waals surface area contributed by atoms with Crippen LogP contribution in [0.2, 0.25) is 0 Å². The van der Waals surface area contributed by atoms with E-state index in [-0.39, 0.29) is 12.5 Å². The molecule has 0 aliphatic rings. The summed E-state index contributed by atoms with van der Waals surface area (Å²) < 4.78 is 5.10. The largest absolute Gasteiger partial charge is 0.394 e. The van der Waals surface area contributed by atoms with Crippen LogP contribution in [0, 0.1) is 0 Å². The van der Waals surface area contributed by atoms with Crippen molar-refractivity contribution in [1.82, 2.24) is 5.32 Å². The first-order chi connectivity index (χ1) is 9.33. The van der Waals surface area contributed by atoms with Crippen molar-refractivity contribution in [2.75, 3.05) is 26.4 Å². The van der Waals surface area contributed by atoms with E-state index in [2.05, 4.69) is 17.4 Å². The van der Waals surface area contributed by atoms with Crippen molar-refractivity contribution in [3.63, 3.8) is 0 Å². The molecule has 0 fully saturated rings. The van der Waals surface area contributed by atoms with E-state index in [1.165, 1.54) is 5.56 Å². The molecule has 0 aliphatic carbocycles. The summed E-state index contributed by atoms with van der Waals surface area (Å²) in [4.78, 5) is 11.5. The van der Waals surface area contributed by atoms with Crippen molar-refractivity contribution < 1.29 is 14.6 Å². The summed E-state index contributed by atoms with van der Waals surface area (Å²) in [6, 6.07) is 10.2. The van der Waals surface area contributed by atoms with Crippen LogP contribution in [0.15, 0.2) is 30.3 Å². The Hall–Kier alpha value is -1.39. The summed E-state index contributed by atoms with van der Waals surface area (Å²) in [5.74, 6) is 0.0955. The molecule has 19 heavy (non-hydrogen) atoms. The van der Waals surface area contributed by atoms with E-state index in [0.717, 1.165) is 19.3 Å². The van der Waals surface area contributed by atoms with Gasteiger partial charge in [-0.15, -0.1) is 0 Å². The number of aryl methyl sites for hydroxylation is 1. The molecule has 0 saturated heterocycles. The Morgan fingerprint density at radius 3 is 2.68 bits per heavy atom. The summed E-state index contributed by atoms with van der Waals surface area (Å²) in [5, 5.41) is 11.4. The second kappa shape index (κ2) is 10.5. The minimum absolute atomic E-state index is 0.0475. The number of rotatable bonds is 10. The van der Waals surface area contributed by atoms with Crippen LogP contribution in [0.5, 0.6) is 0 Å². The van der Waals surface area contributed by atoms with Crippen molar-refractivity contribution in [3.8, 4) is 0 Å². The molecule has 0 bridgehead atoms. The zero-order valence-electron chi connectivity index (χ0n) is 11.3. The van der Waals surface area contributed by atoms with Gasteiger partial charge in [0.15, 0.2) is 0 Å². The van der Waals surface area contributed by atoms with Crippen molar-refractivity contribution in [2.45, 2.75) is 25.7 Å². The maximum Gasteiger partial charge on any atom is 0.220 e. The molecule has 0 spiro atoms. The van der Waals surface area contributed by atoms with Gasteiger partial charge < -0.3 is 15.2 Å². The third-order valence-electron chi connectivity index (χ3n) is 2.74. The number of carbonyl (C=O) groups is 1. The third-order valence-corrected chi connectivity index (χ3v) is 2.74. The van der Waals surface area contributed by atoms with Crippen molar-refractivity contribution in [2.24, 2.45) is 0 Å². The zero-order chi connectivity index (χ0) is 13.8. The topological polar surface area (TPSA) is 58.6 Å². The van der Waals surface area contributed by atoms with Crippen LogP contribution in [-0.4, -0.2) is 37.4 Å². The average Bonchev–Trinajstić information content (AvgIpc) is 2.44. The quantitative estimate of drug-likeness (QED) is 0.631. The first-order valence-corrected chi connectivity index (χ1v) is 6.82. The molecule has 1 amide bonds. The first-order valence-electron chi connectivity index (χ1n) is 6.82. The normalized spacial score (nSPS) is 10.4. The van der Waals surface area contributed by atoms with Crippen molar-refractivity contribution >= 4 is 5.91 Å². The fourth-order valence-electron chi connectivity index (χ4n) is 1.75. The number of amides is 1. The molecule has 1 aromatic carbocycles. The van der Waals surface area contributed by atoms with E-state index in [9.17, 15) is 4.79 Å². The van der Waals surface area contributed by atoms with Gasteiger partial charge in [0.05, 0.1) is 13.2 Å². The molecular formula is C15H23NO3. The fraction of sp³-hybridized carbons (Fsp3) is 0.533. The van der Waals surface area contributed by atoms with E-state index in [4.69, 9.17) is 9.84 Å². The molecule has 106 valence electrons. The van der Waals surface area contributed by atoms with Gasteiger partial charge in [0.1, 0.15) is 0 Å². The minimum atomic E-state index is 0.0475. The predicted molar refractivity (Wildman–Crippen MR) is 74.9 cm³/mol. The number of nitrogens with one attached hydrogen (secondary N) is 1. The van der Waals surface area contributed by atoms with Gasteiger partial charge in [-0.25, -0.2) is 0 Å². The standard InChI is InChI=1S/C15H23NO3/c17-11-13-19-12-5-10-16-15(18)9-4-8-14-6-2-1-3-7-14/h1-3,6-7,17H,4-5,8-13H2,(H,16,18). The van der Waals surface area contributed by atoms with Gasteiger partial charge in [0, 0.05) is 19.6 Å². The lowest BCUT2D eigenvalue weighted by atomic mass is 10.1. The van der Waals surface area contributed by atoms with Gasteiger partial charge in [-0.1, -0.05) is 30.3 Å². The Morgan fingerprint density at radius 2 is 1.95 bits per heavy atom. The highest BCUT2D eigenvalue weighted by Gasteiger charge is 2.00. The fourth-order valence-corrected chi connectivity index (χ4v) is 1.75. The van der Waals surface area contributed by atoms with Gasteiger partial charge in [-0.2, -0.15) is 0 Å². The van der Waals surface area contributed by atoms with E-state index < -0.39 is 0 Å². The molecule has 0 aromatic heterocycles. The number of carbonyl (C=O) groups excluding carboxylic acids is 1. The summed E-state index contributed by atoms with van der Waals surface area (Å²) >= 11 is 0. The van der Waals surface area contributed by atoms with Crippen LogP contribution < -0.4 is 5.32 Å². The Morgan fingerprint density at radius 1 is 1.16 bits per heavy atom. The lowest BCUT2D eigenvalue weighted by Gasteiger charge is -2.05. The molecule has 0 unspecified atom stereocenters. The van der Waals surface area contributed by atoms with E-state index in [1.54, 1.807) is 0 Å². The maximum atomic E-state index is 11.5. The monoisotopic (exact) mass is 265 g/mol. The van der Waals surface area contributed by atoms with Gasteiger partial charge in [0.2, 0.25) is 5.91 Å². The average molecular weight is 265 g/mol. The Balaban J connectivity index is 1.96. The van der Waals surface area contributed by atoms with E-state index in [1.807, 2.05) is 18.2 Å². The lowest BCUT2D eigenvalue weighted by molar-refractivity contribution is -0.121. The molecule has 1 rings (SSSR count). The molecule has 0 atom stereocenters. The molecule has 0 saturated carbocycles. The van der Waals surface area contributed by atoms with E-state index >= 15 is 0 Å². The van der Waals surface area contributed by atoms with Crippen LogP contribution in [0.25, 0.3) is 0 Å². The summed E-state index contributed by atoms with van der Waals surface area (Å²) in [7, 11) is 0. The molecule has 0 heterocycles. The smallest absolute Gasteiger partial charge is 0.220 e. The summed E-state index contributed by atoms with van der Waals surface area (Å²) in [6.07, 6.45) is 3.15. The first kappa shape index (κ1) is 15.7. The molecule has 2 N–H and O–H groups in total. The molecule has 4 heteroatoms. The number of ether oxygens (including phenoxy) is 1. The highest BCUT2D eigenvalue weighted by atomic mass is 16.5. The molecular weight excluding hydrogens is 242 g/mol. The number of benzene rings is 1. The number of hydrogen-bond acceptors (Lipinski definition) is 3. The third kappa shape index (κ3) is 8.35. The second-order valence-corrected chi connectivity index (χ2v) is 4.38. The SMILES string of the molecule is O=C(CCCc1ccccc1)NCCCOCCO. The minimum Gasteiger partial charge on any atom is -0.394 e. The Kier molecular flexibility index (Phi) is 8.68. The highest BCUT2D eigenvalue weighted by molar-refractivity contribution is 5.75. The number of hydrogen-bond donors (Lipinski definition) is 2. The van der Waals surface area contributed by atoms with Crippen LogP contribution in [0.4, 0.5) is 0 Å². The predicted octanol–water partition coefficient (Wildman–Crippen LogP) is 1.52. The van der Waals surface area contributed by atoms with Crippen molar-refractivity contribution in [3.05, 3.63) is 35.9 Å². The maximum absolute atomic E-state index is 11.5. The van der Waals surface area contributed by atoms with Crippen molar-refractivity contribution in [1.29, 1.82) is 0 Å². The van der Waals surface area contributed by atoms with Gasteiger partial charge >= 0.3 is 0 Å². The zero-order valence-corrected chi connectivity index (χ0v) is 11.3. The Bertz CT molecular complexity index is 341.